The Labute approximate surface area is 104 Å². The predicted octanol–water partition coefficient (Wildman–Crippen LogP) is 2.06. The summed E-state index contributed by atoms with van der Waals surface area (Å²) in [5.74, 6) is 0. The van der Waals surface area contributed by atoms with E-state index in [9.17, 15) is 0 Å². The van der Waals surface area contributed by atoms with Gasteiger partial charge in [0.2, 0.25) is 0 Å². The maximum absolute atomic E-state index is 5.83. The normalized spacial score (nSPS) is 30.2. The van der Waals surface area contributed by atoms with Gasteiger partial charge in [0.1, 0.15) is 0 Å². The second-order valence-corrected chi connectivity index (χ2v) is 6.13. The summed E-state index contributed by atoms with van der Waals surface area (Å²) in [7, 11) is 0. The third-order valence-electron chi connectivity index (χ3n) is 4.87. The van der Waals surface area contributed by atoms with Crippen LogP contribution in [0, 0.1) is 5.41 Å². The zero-order valence-corrected chi connectivity index (χ0v) is 11.0. The predicted molar refractivity (Wildman–Crippen MR) is 67.1 cm³/mol. The molecule has 1 spiro atoms. The average Bonchev–Trinajstić information content (AvgIpc) is 2.23. The second-order valence-electron chi connectivity index (χ2n) is 6.13. The molecule has 0 amide bonds. The van der Waals surface area contributed by atoms with Gasteiger partial charge < -0.3 is 9.47 Å². The Kier molecular flexibility index (Phi) is 3.42. The van der Waals surface area contributed by atoms with Crippen LogP contribution in [0.5, 0.6) is 0 Å². The average molecular weight is 239 g/mol. The Morgan fingerprint density at radius 2 is 1.94 bits per heavy atom. The van der Waals surface area contributed by atoms with Gasteiger partial charge in [0.05, 0.1) is 25.4 Å². The number of hydrogen-bond donors (Lipinski definition) is 0. The van der Waals surface area contributed by atoms with Gasteiger partial charge in [0.15, 0.2) is 0 Å². The molecule has 0 bridgehead atoms. The molecule has 1 saturated carbocycles. The van der Waals surface area contributed by atoms with E-state index in [0.29, 0.717) is 11.5 Å². The minimum Gasteiger partial charge on any atom is -0.378 e. The molecule has 1 aliphatic carbocycles. The van der Waals surface area contributed by atoms with E-state index in [1.54, 1.807) is 0 Å². The minimum atomic E-state index is 0.577. The van der Waals surface area contributed by atoms with Crippen molar-refractivity contribution >= 4 is 0 Å². The van der Waals surface area contributed by atoms with E-state index in [1.165, 1.54) is 38.8 Å². The number of hydrogen-bond acceptors (Lipinski definition) is 3. The first kappa shape index (κ1) is 11.9. The first-order valence-electron chi connectivity index (χ1n) is 7.25. The lowest BCUT2D eigenvalue weighted by Crippen LogP contribution is -2.56. The van der Waals surface area contributed by atoms with E-state index in [2.05, 4.69) is 11.8 Å². The molecule has 0 N–H and O–H groups in total. The molecule has 3 nitrogen and oxygen atoms in total. The lowest BCUT2D eigenvalue weighted by Gasteiger charge is -2.53. The summed E-state index contributed by atoms with van der Waals surface area (Å²) in [6.07, 6.45) is 7.14. The molecule has 0 atom stereocenters. The van der Waals surface area contributed by atoms with Gasteiger partial charge in [0, 0.05) is 6.61 Å². The summed E-state index contributed by atoms with van der Waals surface area (Å²) < 4.78 is 11.1. The molecule has 0 aromatic rings. The Bertz CT molecular complexity index is 249. The Morgan fingerprint density at radius 1 is 1.24 bits per heavy atom. The van der Waals surface area contributed by atoms with E-state index in [0.717, 1.165) is 32.3 Å². The lowest BCUT2D eigenvalue weighted by atomic mass is 9.61. The first-order chi connectivity index (χ1) is 8.31. The fourth-order valence-electron chi connectivity index (χ4n) is 3.51. The van der Waals surface area contributed by atoms with E-state index < -0.39 is 0 Å². The lowest BCUT2D eigenvalue weighted by molar-refractivity contribution is -0.128. The van der Waals surface area contributed by atoms with Gasteiger partial charge in [-0.15, -0.1) is 0 Å². The van der Waals surface area contributed by atoms with Crippen LogP contribution in [0.4, 0.5) is 0 Å². The molecule has 2 saturated heterocycles. The minimum absolute atomic E-state index is 0.577. The molecule has 0 radical (unpaired) electrons. The van der Waals surface area contributed by atoms with Crippen molar-refractivity contribution in [2.24, 2.45) is 5.41 Å². The fourth-order valence-corrected chi connectivity index (χ4v) is 3.51. The van der Waals surface area contributed by atoms with Crippen LogP contribution in [0.3, 0.4) is 0 Å². The van der Waals surface area contributed by atoms with Crippen LogP contribution in [0.25, 0.3) is 0 Å². The monoisotopic (exact) mass is 239 g/mol. The van der Waals surface area contributed by atoms with E-state index >= 15 is 0 Å². The van der Waals surface area contributed by atoms with Gasteiger partial charge in [-0.25, -0.2) is 0 Å². The van der Waals surface area contributed by atoms with Crippen molar-refractivity contribution in [2.75, 3.05) is 32.9 Å². The van der Waals surface area contributed by atoms with E-state index in [-0.39, 0.29) is 0 Å². The van der Waals surface area contributed by atoms with Crippen LogP contribution < -0.4 is 0 Å². The Balaban J connectivity index is 1.40. The maximum Gasteiger partial charge on any atom is 0.0645 e. The van der Waals surface area contributed by atoms with Gasteiger partial charge in [-0.2, -0.15) is 0 Å². The van der Waals surface area contributed by atoms with Crippen molar-refractivity contribution in [3.8, 4) is 0 Å². The molecule has 2 aliphatic heterocycles. The Hall–Kier alpha value is -0.120. The van der Waals surface area contributed by atoms with Crippen molar-refractivity contribution in [3.63, 3.8) is 0 Å². The number of rotatable bonds is 4. The second kappa shape index (κ2) is 4.87. The third kappa shape index (κ3) is 2.38. The summed E-state index contributed by atoms with van der Waals surface area (Å²) in [6.45, 7) is 7.65. The summed E-state index contributed by atoms with van der Waals surface area (Å²) in [6, 6.07) is 0.736. The molecule has 3 aliphatic rings. The van der Waals surface area contributed by atoms with Crippen LogP contribution in [0.2, 0.25) is 0 Å². The Morgan fingerprint density at radius 3 is 2.47 bits per heavy atom. The highest BCUT2D eigenvalue weighted by Crippen LogP contribution is 2.50. The molecule has 3 rings (SSSR count). The summed E-state index contributed by atoms with van der Waals surface area (Å²) in [5.41, 5.74) is 0.652. The number of nitrogens with zero attached hydrogens (tertiary/aromatic N) is 1. The fraction of sp³-hybridized carbons (Fsp3) is 1.00. The highest BCUT2D eigenvalue weighted by atomic mass is 16.5. The van der Waals surface area contributed by atoms with Gasteiger partial charge in [-0.1, -0.05) is 6.92 Å². The summed E-state index contributed by atoms with van der Waals surface area (Å²) >= 11 is 0. The number of piperidine rings is 1. The third-order valence-corrected chi connectivity index (χ3v) is 4.87. The molecule has 17 heavy (non-hydrogen) atoms. The van der Waals surface area contributed by atoms with E-state index in [1.807, 2.05) is 0 Å². The van der Waals surface area contributed by atoms with E-state index in [4.69, 9.17) is 9.47 Å². The van der Waals surface area contributed by atoms with Gasteiger partial charge >= 0.3 is 0 Å². The van der Waals surface area contributed by atoms with Crippen LogP contribution in [0.1, 0.15) is 39.0 Å². The van der Waals surface area contributed by atoms with Gasteiger partial charge in [0.25, 0.3) is 0 Å². The molecule has 3 fully saturated rings. The smallest absolute Gasteiger partial charge is 0.0645 e. The van der Waals surface area contributed by atoms with Crippen molar-refractivity contribution in [1.29, 1.82) is 0 Å². The topological polar surface area (TPSA) is 21.7 Å². The van der Waals surface area contributed by atoms with Crippen LogP contribution in [-0.2, 0) is 9.47 Å². The zero-order chi connectivity index (χ0) is 11.7. The molecule has 0 aromatic carbocycles. The SMILES string of the molecule is CCCOC1CC2(CCN(C3COC3)CC2)C1. The van der Waals surface area contributed by atoms with Crippen LogP contribution in [0.15, 0.2) is 0 Å². The maximum atomic E-state index is 5.83. The van der Waals surface area contributed by atoms with Crippen molar-refractivity contribution < 1.29 is 9.47 Å². The molecule has 0 aromatic heterocycles. The number of ether oxygens (including phenoxy) is 2. The van der Waals surface area contributed by atoms with Crippen molar-refractivity contribution in [1.82, 2.24) is 4.90 Å². The van der Waals surface area contributed by atoms with Gasteiger partial charge in [-0.05, 0) is 50.6 Å². The largest absolute Gasteiger partial charge is 0.378 e. The highest BCUT2D eigenvalue weighted by Gasteiger charge is 2.47. The molecule has 98 valence electrons. The standard InChI is InChI=1S/C14H25NO2/c1-2-7-17-13-8-14(9-13)3-5-15(6-4-14)12-10-16-11-12/h12-13H,2-11H2,1H3. The quantitative estimate of drug-likeness (QED) is 0.749. The summed E-state index contributed by atoms with van der Waals surface area (Å²) in [4.78, 5) is 2.63. The number of likely N-dealkylation sites (tertiary alicyclic amines) is 1. The van der Waals surface area contributed by atoms with Crippen molar-refractivity contribution in [2.45, 2.75) is 51.2 Å². The molecule has 3 heteroatoms. The van der Waals surface area contributed by atoms with Gasteiger partial charge in [-0.3, -0.25) is 4.90 Å². The first-order valence-corrected chi connectivity index (χ1v) is 7.25. The highest BCUT2D eigenvalue weighted by molar-refractivity contribution is 4.99. The molecular weight excluding hydrogens is 214 g/mol. The molecule has 2 heterocycles. The van der Waals surface area contributed by atoms with Crippen molar-refractivity contribution in [3.05, 3.63) is 0 Å². The molecule has 0 unspecified atom stereocenters. The van der Waals surface area contributed by atoms with Crippen LogP contribution >= 0.6 is 0 Å². The summed E-state index contributed by atoms with van der Waals surface area (Å²) in [5, 5.41) is 0. The van der Waals surface area contributed by atoms with Crippen LogP contribution in [-0.4, -0.2) is 50.0 Å². The molecular formula is C14H25NO2. The zero-order valence-electron chi connectivity index (χ0n) is 11.0.